The van der Waals surface area contributed by atoms with Crippen LogP contribution in [0.3, 0.4) is 0 Å². The zero-order chi connectivity index (χ0) is 10.5. The third-order valence-corrected chi connectivity index (χ3v) is 4.75. The Morgan fingerprint density at radius 3 is 2.60 bits per heavy atom. The molecule has 3 rings (SSSR count). The molecule has 3 fully saturated rings. The van der Waals surface area contributed by atoms with Gasteiger partial charge in [0.15, 0.2) is 0 Å². The summed E-state index contributed by atoms with van der Waals surface area (Å²) < 4.78 is 5.86. The molecule has 2 bridgehead atoms. The fourth-order valence-corrected chi connectivity index (χ4v) is 3.89. The molecule has 1 saturated carbocycles. The van der Waals surface area contributed by atoms with E-state index in [1.54, 1.807) is 0 Å². The van der Waals surface area contributed by atoms with Gasteiger partial charge in [-0.3, -0.25) is 4.79 Å². The summed E-state index contributed by atoms with van der Waals surface area (Å²) in [7, 11) is 0. The van der Waals surface area contributed by atoms with E-state index < -0.39 is 5.97 Å². The first-order valence-electron chi connectivity index (χ1n) is 6.07. The number of fused-ring (bicyclic) bond motifs is 2. The predicted octanol–water partition coefficient (Wildman–Crippen LogP) is 2.20. The molecule has 3 heteroatoms. The number of carboxylic acids is 1. The van der Waals surface area contributed by atoms with Gasteiger partial charge in [-0.2, -0.15) is 0 Å². The smallest absolute Gasteiger partial charge is 0.303 e. The van der Waals surface area contributed by atoms with E-state index in [1.807, 2.05) is 0 Å². The molecule has 1 aliphatic carbocycles. The minimum Gasteiger partial charge on any atom is -0.481 e. The maximum absolute atomic E-state index is 10.9. The lowest BCUT2D eigenvalue weighted by Crippen LogP contribution is -2.43. The van der Waals surface area contributed by atoms with E-state index in [2.05, 4.69) is 0 Å². The number of rotatable bonds is 3. The van der Waals surface area contributed by atoms with E-state index >= 15 is 0 Å². The molecule has 0 radical (unpaired) electrons. The van der Waals surface area contributed by atoms with Crippen molar-refractivity contribution in [3.05, 3.63) is 0 Å². The van der Waals surface area contributed by atoms with Gasteiger partial charge < -0.3 is 9.84 Å². The van der Waals surface area contributed by atoms with Crippen molar-refractivity contribution in [2.24, 2.45) is 11.3 Å². The average Bonchev–Trinajstić information content (AvgIpc) is 2.71. The van der Waals surface area contributed by atoms with E-state index in [0.717, 1.165) is 25.7 Å². The highest BCUT2D eigenvalue weighted by Crippen LogP contribution is 2.58. The second-order valence-electron chi connectivity index (χ2n) is 5.50. The maximum atomic E-state index is 10.9. The largest absolute Gasteiger partial charge is 0.481 e. The molecule has 3 atom stereocenters. The van der Waals surface area contributed by atoms with Crippen LogP contribution in [-0.2, 0) is 9.53 Å². The van der Waals surface area contributed by atoms with Crippen LogP contribution < -0.4 is 0 Å². The molecule has 84 valence electrons. The first-order chi connectivity index (χ1) is 7.20. The molecule has 0 spiro atoms. The van der Waals surface area contributed by atoms with Gasteiger partial charge in [-0.15, -0.1) is 0 Å². The highest BCUT2D eigenvalue weighted by Gasteiger charge is 2.54. The number of ether oxygens (including phenoxy) is 1. The Bertz CT molecular complexity index is 283. The predicted molar refractivity (Wildman–Crippen MR) is 54.5 cm³/mol. The summed E-state index contributed by atoms with van der Waals surface area (Å²) in [5, 5.41) is 9.00. The Labute approximate surface area is 89.8 Å². The lowest BCUT2D eigenvalue weighted by Gasteiger charge is -2.47. The van der Waals surface area contributed by atoms with Crippen molar-refractivity contribution in [1.29, 1.82) is 0 Å². The van der Waals surface area contributed by atoms with Crippen molar-refractivity contribution in [3.63, 3.8) is 0 Å². The summed E-state index contributed by atoms with van der Waals surface area (Å²) in [5.74, 6) is -0.0847. The third-order valence-electron chi connectivity index (χ3n) is 4.75. The van der Waals surface area contributed by atoms with Crippen LogP contribution in [0.25, 0.3) is 0 Å². The molecule has 0 amide bonds. The molecule has 1 N–H and O–H groups in total. The molecular formula is C12H18O3. The molecular weight excluding hydrogens is 192 g/mol. The number of hydrogen-bond acceptors (Lipinski definition) is 2. The second kappa shape index (κ2) is 3.21. The lowest BCUT2D eigenvalue weighted by molar-refractivity contribution is -0.144. The summed E-state index contributed by atoms with van der Waals surface area (Å²) in [5.41, 5.74) is 0.103. The SMILES string of the molecule is O=C(O)CC1(C2CC3CCC2O3)CCC1. The molecule has 2 aliphatic heterocycles. The van der Waals surface area contributed by atoms with Gasteiger partial charge >= 0.3 is 5.97 Å². The first kappa shape index (κ1) is 9.64. The van der Waals surface area contributed by atoms with Crippen molar-refractivity contribution >= 4 is 5.97 Å². The van der Waals surface area contributed by atoms with Crippen LogP contribution in [0.15, 0.2) is 0 Å². The minimum atomic E-state index is -0.627. The highest BCUT2D eigenvalue weighted by molar-refractivity contribution is 5.68. The Morgan fingerprint density at radius 1 is 1.40 bits per heavy atom. The second-order valence-corrected chi connectivity index (χ2v) is 5.50. The van der Waals surface area contributed by atoms with Crippen molar-refractivity contribution in [2.45, 2.75) is 57.2 Å². The quantitative estimate of drug-likeness (QED) is 0.776. The lowest BCUT2D eigenvalue weighted by atomic mass is 9.56. The topological polar surface area (TPSA) is 46.5 Å². The molecule has 0 aromatic rings. The maximum Gasteiger partial charge on any atom is 0.303 e. The van der Waals surface area contributed by atoms with Crippen LogP contribution in [0.5, 0.6) is 0 Å². The average molecular weight is 210 g/mol. The van der Waals surface area contributed by atoms with Crippen LogP contribution in [0.4, 0.5) is 0 Å². The summed E-state index contributed by atoms with van der Waals surface area (Å²) >= 11 is 0. The van der Waals surface area contributed by atoms with Crippen LogP contribution in [0.2, 0.25) is 0 Å². The number of aliphatic carboxylic acids is 1. The summed E-state index contributed by atoms with van der Waals surface area (Å²) in [6.07, 6.45) is 8.11. The molecule has 2 saturated heterocycles. The molecule has 0 aromatic heterocycles. The highest BCUT2D eigenvalue weighted by atomic mass is 16.5. The van der Waals surface area contributed by atoms with Crippen LogP contribution in [-0.4, -0.2) is 23.3 Å². The molecule has 0 aromatic carbocycles. The Hall–Kier alpha value is -0.570. The summed E-state index contributed by atoms with van der Waals surface area (Å²) in [6, 6.07) is 0. The fourth-order valence-electron chi connectivity index (χ4n) is 3.89. The zero-order valence-electron chi connectivity index (χ0n) is 8.95. The van der Waals surface area contributed by atoms with Crippen LogP contribution in [0, 0.1) is 11.3 Å². The third kappa shape index (κ3) is 1.40. The molecule has 3 aliphatic rings. The molecule has 15 heavy (non-hydrogen) atoms. The normalized spacial score (nSPS) is 41.5. The first-order valence-corrected chi connectivity index (χ1v) is 6.07. The number of carboxylic acid groups (broad SMARTS) is 1. The van der Waals surface area contributed by atoms with Crippen LogP contribution in [0.1, 0.15) is 44.9 Å². The van der Waals surface area contributed by atoms with Crippen molar-refractivity contribution in [3.8, 4) is 0 Å². The van der Waals surface area contributed by atoms with Gasteiger partial charge in [0.25, 0.3) is 0 Å². The zero-order valence-corrected chi connectivity index (χ0v) is 8.95. The van der Waals surface area contributed by atoms with Gasteiger partial charge in [-0.1, -0.05) is 6.42 Å². The van der Waals surface area contributed by atoms with Crippen molar-refractivity contribution in [1.82, 2.24) is 0 Å². The fraction of sp³-hybridized carbons (Fsp3) is 0.917. The van der Waals surface area contributed by atoms with Gasteiger partial charge in [0.1, 0.15) is 0 Å². The van der Waals surface area contributed by atoms with E-state index in [4.69, 9.17) is 9.84 Å². The van der Waals surface area contributed by atoms with E-state index in [0.29, 0.717) is 24.5 Å². The summed E-state index contributed by atoms with van der Waals surface area (Å²) in [4.78, 5) is 10.9. The van der Waals surface area contributed by atoms with Gasteiger partial charge in [-0.25, -0.2) is 0 Å². The monoisotopic (exact) mass is 210 g/mol. The van der Waals surface area contributed by atoms with Crippen LogP contribution >= 0.6 is 0 Å². The molecule has 3 nitrogen and oxygen atoms in total. The molecule has 3 unspecified atom stereocenters. The Balaban J connectivity index is 1.76. The summed E-state index contributed by atoms with van der Waals surface area (Å²) in [6.45, 7) is 0. The standard InChI is InChI=1S/C12H18O3/c13-11(14)7-12(4-1-5-12)9-6-8-2-3-10(9)15-8/h8-10H,1-7H2,(H,13,14). The van der Waals surface area contributed by atoms with E-state index in [1.165, 1.54) is 12.8 Å². The van der Waals surface area contributed by atoms with Crippen molar-refractivity contribution in [2.75, 3.05) is 0 Å². The van der Waals surface area contributed by atoms with Gasteiger partial charge in [0.2, 0.25) is 0 Å². The molecule has 2 heterocycles. The van der Waals surface area contributed by atoms with E-state index in [9.17, 15) is 4.79 Å². The Kier molecular flexibility index (Phi) is 2.06. The van der Waals surface area contributed by atoms with Crippen molar-refractivity contribution < 1.29 is 14.6 Å². The van der Waals surface area contributed by atoms with Gasteiger partial charge in [-0.05, 0) is 43.4 Å². The van der Waals surface area contributed by atoms with Gasteiger partial charge in [0.05, 0.1) is 18.6 Å². The van der Waals surface area contributed by atoms with E-state index in [-0.39, 0.29) is 5.41 Å². The number of hydrogen-bond donors (Lipinski definition) is 1. The number of carbonyl (C=O) groups is 1. The Morgan fingerprint density at radius 2 is 2.20 bits per heavy atom. The van der Waals surface area contributed by atoms with Gasteiger partial charge in [0, 0.05) is 0 Å². The minimum absolute atomic E-state index is 0.103.